The smallest absolute Gasteiger partial charge is 0.227 e. The van der Waals surface area contributed by atoms with Gasteiger partial charge in [-0.2, -0.15) is 0 Å². The molecule has 1 atom stereocenters. The van der Waals surface area contributed by atoms with Crippen LogP contribution in [0, 0.1) is 6.92 Å². The number of carbonyl (C=O) groups is 1. The van der Waals surface area contributed by atoms with Crippen LogP contribution in [0.5, 0.6) is 11.5 Å². The van der Waals surface area contributed by atoms with E-state index in [0.29, 0.717) is 6.42 Å². The number of hydrogen-bond acceptors (Lipinski definition) is 4. The van der Waals surface area contributed by atoms with Gasteiger partial charge in [-0.1, -0.05) is 24.3 Å². The van der Waals surface area contributed by atoms with Gasteiger partial charge in [0.15, 0.2) is 0 Å². The molecule has 1 unspecified atom stereocenters. The lowest BCUT2D eigenvalue weighted by molar-refractivity contribution is -0.131. The highest BCUT2D eigenvalue weighted by Crippen LogP contribution is 2.33. The van der Waals surface area contributed by atoms with Gasteiger partial charge in [0, 0.05) is 25.0 Å². The molecule has 1 aliphatic heterocycles. The van der Waals surface area contributed by atoms with Crippen molar-refractivity contribution in [3.8, 4) is 11.5 Å². The van der Waals surface area contributed by atoms with Gasteiger partial charge in [-0.25, -0.2) is 4.98 Å². The first-order chi connectivity index (χ1) is 15.1. The minimum absolute atomic E-state index is 0.00468. The van der Waals surface area contributed by atoms with E-state index in [0.717, 1.165) is 54.5 Å². The molecule has 0 bridgehead atoms. The maximum atomic E-state index is 13.2. The Morgan fingerprint density at radius 2 is 1.84 bits per heavy atom. The average Bonchev–Trinajstić information content (AvgIpc) is 3.41. The lowest BCUT2D eigenvalue weighted by Gasteiger charge is -2.25. The number of nitrogens with zero attached hydrogens (tertiary/aromatic N) is 3. The zero-order valence-electron chi connectivity index (χ0n) is 18.4. The van der Waals surface area contributed by atoms with Gasteiger partial charge in [0.1, 0.15) is 17.3 Å². The molecule has 0 spiro atoms. The first kappa shape index (κ1) is 21.0. The number of rotatable bonds is 7. The molecule has 1 aromatic heterocycles. The standard InChI is InChI=1S/C25H29N3O3/c1-18-16-26-25(28(18)17-19-9-11-21(30-2)12-10-19)23-8-5-13-27(23)24(29)15-20-6-4-7-22(14-20)31-3/h4,6-7,9-12,14,16,23H,5,8,13,15,17H2,1-3H3. The second-order valence-corrected chi connectivity index (χ2v) is 7.97. The van der Waals surface area contributed by atoms with Crippen LogP contribution >= 0.6 is 0 Å². The Morgan fingerprint density at radius 1 is 1.06 bits per heavy atom. The van der Waals surface area contributed by atoms with Crippen molar-refractivity contribution in [1.29, 1.82) is 0 Å². The van der Waals surface area contributed by atoms with Crippen molar-refractivity contribution in [2.24, 2.45) is 0 Å². The van der Waals surface area contributed by atoms with Crippen LogP contribution in [0.15, 0.2) is 54.7 Å². The quantitative estimate of drug-likeness (QED) is 0.577. The van der Waals surface area contributed by atoms with Crippen molar-refractivity contribution in [2.75, 3.05) is 20.8 Å². The zero-order chi connectivity index (χ0) is 21.8. The molecule has 1 aliphatic rings. The molecule has 0 N–H and O–H groups in total. The highest BCUT2D eigenvalue weighted by molar-refractivity contribution is 5.79. The number of ether oxygens (including phenoxy) is 2. The minimum Gasteiger partial charge on any atom is -0.497 e. The number of amides is 1. The molecule has 6 nitrogen and oxygen atoms in total. The van der Waals surface area contributed by atoms with Crippen molar-refractivity contribution in [1.82, 2.24) is 14.5 Å². The summed E-state index contributed by atoms with van der Waals surface area (Å²) in [7, 11) is 3.31. The summed E-state index contributed by atoms with van der Waals surface area (Å²) < 4.78 is 12.8. The van der Waals surface area contributed by atoms with E-state index in [9.17, 15) is 4.79 Å². The highest BCUT2D eigenvalue weighted by atomic mass is 16.5. The lowest BCUT2D eigenvalue weighted by Crippen LogP contribution is -2.33. The summed E-state index contributed by atoms with van der Waals surface area (Å²) in [5.41, 5.74) is 3.24. The molecule has 1 amide bonds. The Morgan fingerprint density at radius 3 is 2.58 bits per heavy atom. The van der Waals surface area contributed by atoms with E-state index in [4.69, 9.17) is 14.5 Å². The predicted octanol–water partition coefficient (Wildman–Crippen LogP) is 4.16. The molecule has 1 fully saturated rings. The largest absolute Gasteiger partial charge is 0.497 e. The molecule has 0 aliphatic carbocycles. The van der Waals surface area contributed by atoms with Gasteiger partial charge in [0.25, 0.3) is 0 Å². The van der Waals surface area contributed by atoms with Crippen molar-refractivity contribution < 1.29 is 14.3 Å². The number of imidazole rings is 1. The molecule has 0 radical (unpaired) electrons. The first-order valence-corrected chi connectivity index (χ1v) is 10.7. The molecule has 2 aromatic carbocycles. The van der Waals surface area contributed by atoms with Crippen LogP contribution in [0.2, 0.25) is 0 Å². The third kappa shape index (κ3) is 4.58. The summed E-state index contributed by atoms with van der Waals surface area (Å²) in [6.45, 7) is 3.55. The summed E-state index contributed by atoms with van der Waals surface area (Å²) in [5.74, 6) is 2.71. The summed E-state index contributed by atoms with van der Waals surface area (Å²) in [6.07, 6.45) is 4.19. The molecule has 31 heavy (non-hydrogen) atoms. The SMILES string of the molecule is COc1ccc(Cn2c(C)cnc2C2CCCN2C(=O)Cc2cccc(OC)c2)cc1. The lowest BCUT2D eigenvalue weighted by atomic mass is 10.1. The van der Waals surface area contributed by atoms with Crippen LogP contribution in [0.4, 0.5) is 0 Å². The van der Waals surface area contributed by atoms with Gasteiger partial charge in [-0.3, -0.25) is 4.79 Å². The summed E-state index contributed by atoms with van der Waals surface area (Å²) in [4.78, 5) is 19.9. The Kier molecular flexibility index (Phi) is 6.26. The van der Waals surface area contributed by atoms with Gasteiger partial charge in [-0.15, -0.1) is 0 Å². The number of likely N-dealkylation sites (tertiary alicyclic amines) is 1. The topological polar surface area (TPSA) is 56.6 Å². The fourth-order valence-electron chi connectivity index (χ4n) is 4.26. The molecule has 1 saturated heterocycles. The van der Waals surface area contributed by atoms with Crippen molar-refractivity contribution >= 4 is 5.91 Å². The minimum atomic E-state index is 0.00468. The van der Waals surface area contributed by atoms with Crippen LogP contribution in [0.1, 0.15) is 41.5 Å². The van der Waals surface area contributed by atoms with E-state index in [1.165, 1.54) is 5.56 Å². The predicted molar refractivity (Wildman–Crippen MR) is 119 cm³/mol. The van der Waals surface area contributed by atoms with Crippen LogP contribution in [-0.4, -0.2) is 41.1 Å². The summed E-state index contributed by atoms with van der Waals surface area (Å²) in [5, 5.41) is 0. The van der Waals surface area contributed by atoms with E-state index >= 15 is 0 Å². The average molecular weight is 420 g/mol. The normalized spacial score (nSPS) is 15.8. The number of hydrogen-bond donors (Lipinski definition) is 0. The maximum Gasteiger partial charge on any atom is 0.227 e. The fraction of sp³-hybridized carbons (Fsp3) is 0.360. The van der Waals surface area contributed by atoms with Crippen molar-refractivity contribution in [3.63, 3.8) is 0 Å². The van der Waals surface area contributed by atoms with Gasteiger partial charge in [0.2, 0.25) is 5.91 Å². The molecule has 4 rings (SSSR count). The summed E-state index contributed by atoms with van der Waals surface area (Å²) >= 11 is 0. The van der Waals surface area contributed by atoms with E-state index < -0.39 is 0 Å². The van der Waals surface area contributed by atoms with Gasteiger partial charge < -0.3 is 18.9 Å². The Balaban J connectivity index is 1.53. The van der Waals surface area contributed by atoms with E-state index in [-0.39, 0.29) is 11.9 Å². The Hall–Kier alpha value is -3.28. The number of carbonyl (C=O) groups excluding carboxylic acids is 1. The molecule has 162 valence electrons. The second kappa shape index (κ2) is 9.25. The van der Waals surface area contributed by atoms with Gasteiger partial charge in [-0.05, 0) is 55.2 Å². The maximum absolute atomic E-state index is 13.2. The Labute approximate surface area is 183 Å². The van der Waals surface area contributed by atoms with Crippen LogP contribution < -0.4 is 9.47 Å². The number of aromatic nitrogens is 2. The van der Waals surface area contributed by atoms with Crippen molar-refractivity contribution in [3.05, 3.63) is 77.4 Å². The van der Waals surface area contributed by atoms with Crippen LogP contribution in [0.3, 0.4) is 0 Å². The van der Waals surface area contributed by atoms with Crippen LogP contribution in [-0.2, 0) is 17.8 Å². The van der Waals surface area contributed by atoms with E-state index in [2.05, 4.69) is 23.6 Å². The Bertz CT molecular complexity index is 1040. The molecule has 6 heteroatoms. The van der Waals surface area contributed by atoms with Crippen LogP contribution in [0.25, 0.3) is 0 Å². The van der Waals surface area contributed by atoms with Gasteiger partial charge >= 0.3 is 0 Å². The first-order valence-electron chi connectivity index (χ1n) is 10.7. The third-order valence-electron chi connectivity index (χ3n) is 5.95. The molecule has 2 heterocycles. The number of methoxy groups -OCH3 is 2. The van der Waals surface area contributed by atoms with Crippen molar-refractivity contribution in [2.45, 2.75) is 38.8 Å². The molecular formula is C25H29N3O3. The second-order valence-electron chi connectivity index (χ2n) is 7.97. The highest BCUT2D eigenvalue weighted by Gasteiger charge is 2.33. The number of benzene rings is 2. The fourth-order valence-corrected chi connectivity index (χ4v) is 4.26. The molecule has 0 saturated carbocycles. The van der Waals surface area contributed by atoms with Gasteiger partial charge in [0.05, 0.1) is 26.7 Å². The zero-order valence-corrected chi connectivity index (χ0v) is 18.4. The molecular weight excluding hydrogens is 390 g/mol. The monoisotopic (exact) mass is 419 g/mol. The third-order valence-corrected chi connectivity index (χ3v) is 5.95. The number of aryl methyl sites for hydroxylation is 1. The van der Waals surface area contributed by atoms with E-state index in [1.807, 2.05) is 47.5 Å². The van der Waals surface area contributed by atoms with E-state index in [1.54, 1.807) is 14.2 Å². The molecule has 3 aromatic rings. The summed E-state index contributed by atoms with van der Waals surface area (Å²) in [6, 6.07) is 15.8.